The number of imidazole rings is 1. The lowest BCUT2D eigenvalue weighted by atomic mass is 9.99. The third kappa shape index (κ3) is 28.8. The number of carbonyl (C=O) groups excluding carboxylic acids is 14. The summed E-state index contributed by atoms with van der Waals surface area (Å²) in [6.07, 6.45) is 12.3. The molecule has 622 valence electrons. The van der Waals surface area contributed by atoms with Gasteiger partial charge in [0.05, 0.1) is 45.3 Å². The Hall–Kier alpha value is -11.6. The van der Waals surface area contributed by atoms with Crippen molar-refractivity contribution in [2.24, 2.45) is 23.5 Å². The molecule has 0 radical (unpaired) electrons. The number of para-hydroxylation sites is 1. The number of hydrogen-bond acceptors (Lipinski definition) is 18. The smallest absolute Gasteiger partial charge is 0.329 e. The summed E-state index contributed by atoms with van der Waals surface area (Å²) >= 11 is 0. The lowest BCUT2D eigenvalue weighted by Crippen LogP contribution is -2.59. The van der Waals surface area contributed by atoms with Crippen molar-refractivity contribution in [3.05, 3.63) is 84.2 Å². The van der Waals surface area contributed by atoms with Crippen LogP contribution in [-0.4, -0.2) is 218 Å². The molecule has 7 rings (SSSR count). The molecule has 14 amide bonds. The third-order valence-electron chi connectivity index (χ3n) is 20.2. The largest absolute Gasteiger partial charge is 0.508 e. The zero-order valence-corrected chi connectivity index (χ0v) is 65.6. The van der Waals surface area contributed by atoms with Gasteiger partial charge in [0, 0.05) is 78.4 Å². The maximum atomic E-state index is 14.7. The minimum Gasteiger partial charge on any atom is -0.508 e. The van der Waals surface area contributed by atoms with Gasteiger partial charge in [0.25, 0.3) is 0 Å². The number of nitrogens with one attached hydrogen (secondary N) is 15. The molecule has 2 aliphatic heterocycles. The van der Waals surface area contributed by atoms with Crippen molar-refractivity contribution >= 4 is 111 Å². The van der Waals surface area contributed by atoms with Gasteiger partial charge in [-0.3, -0.25) is 62.3 Å². The summed E-state index contributed by atoms with van der Waals surface area (Å²) in [5, 5.41) is 52.3. The Labute approximate surface area is 660 Å². The Morgan fingerprint density at radius 3 is 1.74 bits per heavy atom. The van der Waals surface area contributed by atoms with E-state index in [1.54, 1.807) is 64.2 Å². The quantitative estimate of drug-likeness (QED) is 0.0275. The van der Waals surface area contributed by atoms with Gasteiger partial charge in [0.1, 0.15) is 60.2 Å². The number of aromatic amines is 3. The molecule has 36 nitrogen and oxygen atoms in total. The van der Waals surface area contributed by atoms with Crippen molar-refractivity contribution in [2.75, 3.05) is 39.3 Å². The van der Waals surface area contributed by atoms with Crippen molar-refractivity contribution in [3.8, 4) is 5.75 Å². The van der Waals surface area contributed by atoms with E-state index in [-0.39, 0.29) is 63.8 Å². The minimum atomic E-state index is -1.88. The van der Waals surface area contributed by atoms with E-state index in [1.807, 2.05) is 0 Å². The summed E-state index contributed by atoms with van der Waals surface area (Å²) in [6.45, 7) is 7.70. The first-order chi connectivity index (χ1) is 54.5. The molecule has 0 aliphatic carbocycles. The van der Waals surface area contributed by atoms with Gasteiger partial charge in [-0.15, -0.1) is 0 Å². The Bertz CT molecular complexity index is 4140. The van der Waals surface area contributed by atoms with Crippen LogP contribution in [0.2, 0.25) is 0 Å². The Morgan fingerprint density at radius 1 is 0.570 bits per heavy atom. The Balaban J connectivity index is 1.18. The summed E-state index contributed by atoms with van der Waals surface area (Å²) in [6, 6.07) is -1.15. The van der Waals surface area contributed by atoms with E-state index in [2.05, 4.69) is 97.6 Å². The number of esters is 1. The Kier molecular flexibility index (Phi) is 35.5. The number of phenols is 1. The van der Waals surface area contributed by atoms with Crippen molar-refractivity contribution < 1.29 is 86.9 Å². The molecule has 10 atom stereocenters. The number of cyclic esters (lactones) is 1. The van der Waals surface area contributed by atoms with Gasteiger partial charge in [0.15, 0.2) is 0 Å². The van der Waals surface area contributed by atoms with Crippen LogP contribution in [0.5, 0.6) is 5.75 Å². The normalized spacial score (nSPS) is 22.3. The fourth-order valence-electron chi connectivity index (χ4n) is 13.7. The third-order valence-corrected chi connectivity index (χ3v) is 20.2. The van der Waals surface area contributed by atoms with Crippen LogP contribution in [0, 0.1) is 17.8 Å². The van der Waals surface area contributed by atoms with Crippen LogP contribution < -0.4 is 69.5 Å². The number of primary amides is 1. The predicted octanol–water partition coefficient (Wildman–Crippen LogP) is 1.45. The molecule has 19 N–H and O–H groups in total. The number of H-pyrrole nitrogens is 3. The van der Waals surface area contributed by atoms with E-state index in [1.165, 1.54) is 42.2 Å². The van der Waals surface area contributed by atoms with E-state index in [0.29, 0.717) is 63.8 Å². The maximum absolute atomic E-state index is 14.7. The second kappa shape index (κ2) is 45.2. The van der Waals surface area contributed by atoms with Crippen LogP contribution in [0.25, 0.3) is 21.8 Å². The lowest BCUT2D eigenvalue weighted by Gasteiger charge is -2.31. The summed E-state index contributed by atoms with van der Waals surface area (Å²) in [5.74, 6) is -14.2. The summed E-state index contributed by atoms with van der Waals surface area (Å²) < 4.78 is 5.88. The number of unbranched alkanes of at least 4 members (excludes halogenated alkanes) is 7. The van der Waals surface area contributed by atoms with Gasteiger partial charge >= 0.3 is 18.0 Å². The molecule has 36 heteroatoms. The number of nitrogens with two attached hydrogens (primary N) is 1. The molecule has 0 spiro atoms. The van der Waals surface area contributed by atoms with E-state index >= 15 is 0 Å². The average Bonchev–Trinajstić information content (AvgIpc) is 1.66. The highest BCUT2D eigenvalue weighted by Crippen LogP contribution is 2.26. The van der Waals surface area contributed by atoms with Crippen LogP contribution in [0.4, 0.5) is 4.79 Å². The van der Waals surface area contributed by atoms with Crippen LogP contribution in [0.15, 0.2) is 67.4 Å². The molecular formula is C78H112N18O18. The number of rotatable bonds is 26. The molecule has 0 saturated carbocycles. The number of carbonyl (C=O) groups is 15. The topological polar surface area (TPSA) is 540 Å². The maximum Gasteiger partial charge on any atom is 0.329 e. The van der Waals surface area contributed by atoms with Crippen LogP contribution >= 0.6 is 0 Å². The molecule has 3 aromatic heterocycles. The van der Waals surface area contributed by atoms with E-state index in [9.17, 15) is 82.1 Å². The van der Waals surface area contributed by atoms with Gasteiger partial charge in [-0.2, -0.15) is 0 Å². The monoisotopic (exact) mass is 1590 g/mol. The first-order valence-electron chi connectivity index (χ1n) is 39.2. The average molecular weight is 1590 g/mol. The number of ether oxygens (including phenoxy) is 1. The molecule has 2 aliphatic rings. The predicted molar refractivity (Wildman–Crippen MR) is 417 cm³/mol. The number of phenolic OH excluding ortho intramolecular Hbond substituents is 1. The zero-order chi connectivity index (χ0) is 83.0. The van der Waals surface area contributed by atoms with Gasteiger partial charge in [-0.25, -0.2) is 14.6 Å². The lowest BCUT2D eigenvalue weighted by molar-refractivity contribution is -0.157. The number of aromatic hydroxyl groups is 1. The summed E-state index contributed by atoms with van der Waals surface area (Å²) in [4.78, 5) is 224. The number of nitrogens with zero attached hydrogens (tertiary/aromatic N) is 2. The van der Waals surface area contributed by atoms with Gasteiger partial charge < -0.3 is 104 Å². The molecule has 114 heavy (non-hydrogen) atoms. The number of fused-ring (bicyclic) bond motifs is 3. The highest BCUT2D eigenvalue weighted by molar-refractivity contribution is 6.00. The SMILES string of the molecule is CCC(C)CCCCCCCCCCC1CC(=O)NCC(=O)NC(Cc2cnc[nH]2)C(=O)NC(C(C)C)C(=O)N2CCCC2C(=O)NCC(=O)NC(CCCNC(N)=O)C(=O)NC(Cc2c[nH]c3ccc(O)cc23)C(=O)NCC(=O)NC(Cc2c[nH]c3ccccc23)C(=O)NCC(=O)NC(C(C)C)C(=O)NC(CC(=O)O)C(=O)O1. The van der Waals surface area contributed by atoms with E-state index in [4.69, 9.17) is 10.5 Å². The molecule has 2 saturated heterocycles. The van der Waals surface area contributed by atoms with E-state index < -0.39 is 194 Å². The molecule has 0 bridgehead atoms. The first kappa shape index (κ1) is 89.6. The number of carboxylic acids is 1. The fourth-order valence-corrected chi connectivity index (χ4v) is 13.7. The number of urea groups is 1. The van der Waals surface area contributed by atoms with E-state index in [0.717, 1.165) is 44.9 Å². The molecular weight excluding hydrogens is 1480 g/mol. The van der Waals surface area contributed by atoms with Crippen LogP contribution in [0.1, 0.15) is 168 Å². The van der Waals surface area contributed by atoms with Crippen molar-refractivity contribution in [2.45, 2.75) is 224 Å². The van der Waals surface area contributed by atoms with Crippen LogP contribution in [0.3, 0.4) is 0 Å². The second-order valence-corrected chi connectivity index (χ2v) is 29.9. The Morgan fingerprint density at radius 2 is 1.12 bits per heavy atom. The molecule has 2 fully saturated rings. The van der Waals surface area contributed by atoms with Crippen molar-refractivity contribution in [1.82, 2.24) is 88.6 Å². The number of carboxylic acid groups (broad SMARTS) is 1. The van der Waals surface area contributed by atoms with Gasteiger partial charge in [-0.05, 0) is 91.7 Å². The van der Waals surface area contributed by atoms with Crippen LogP contribution in [-0.2, 0) is 91.1 Å². The minimum absolute atomic E-state index is 0.0246. The molecule has 5 heterocycles. The highest BCUT2D eigenvalue weighted by Gasteiger charge is 2.41. The zero-order valence-electron chi connectivity index (χ0n) is 65.6. The fraction of sp³-hybridized carbons (Fsp3) is 0.564. The molecule has 2 aromatic carbocycles. The molecule has 10 unspecified atom stereocenters. The van der Waals surface area contributed by atoms with Crippen molar-refractivity contribution in [3.63, 3.8) is 0 Å². The van der Waals surface area contributed by atoms with Gasteiger partial charge in [-0.1, -0.05) is 118 Å². The molecule has 5 aromatic rings. The first-order valence-corrected chi connectivity index (χ1v) is 39.2. The number of aliphatic carboxylic acids is 1. The summed E-state index contributed by atoms with van der Waals surface area (Å²) in [7, 11) is 0. The second-order valence-electron chi connectivity index (χ2n) is 29.9. The number of benzene rings is 2. The number of hydrogen-bond donors (Lipinski definition) is 18. The highest BCUT2D eigenvalue weighted by atomic mass is 16.5. The number of amides is 14. The number of aromatic nitrogens is 4. The van der Waals surface area contributed by atoms with Gasteiger partial charge in [0.2, 0.25) is 70.9 Å². The standard InChI is InChI=1S/C78H112N18O18/c1-7-46(6)20-14-12-10-8-9-11-13-15-21-51-34-62(98)84-39-63(99)91-59(32-49-38-80-43-88-49)73(108)95-69(45(4)5)76(111)96-29-19-25-61(96)74(109)87-41-64(100)89-56(24-18-28-81-78(79)113)72(107)92-58(31-48-37-83-55-27-26-50(97)33-53(48)55)71(106)85-40-65(101)90-57(30-47-36-82-54-23-17-16-22-52(47)54)70(105)86-42-66(102)94-68(44(2)3)75(110)93-60(35-67(103)104)77(112)114-51/h16-17,22-23,26-27,33,36-38,43-46,51,56-61,68-69,82-83,97H,7-15,18-21,24-25,28-32,34-35,39-42H2,1-6H3,(H,80,88)(H,84,98)(H,85,106)(H,86,105)(H,87,109)(H,89,100)(H,90,101)(H,91,99)(H,92,107)(H,93,110)(H,94,102)(H,95,108)(H,103,104)(H3,79,81,113). The van der Waals surface area contributed by atoms with Crippen molar-refractivity contribution in [1.29, 1.82) is 0 Å². The summed E-state index contributed by atoms with van der Waals surface area (Å²) in [5.41, 5.74) is 7.86.